The molecule has 1 amide bonds. The van der Waals surface area contributed by atoms with Gasteiger partial charge in [0.05, 0.1) is 5.69 Å². The molecule has 20 heavy (non-hydrogen) atoms. The molecule has 5 nitrogen and oxygen atoms in total. The monoisotopic (exact) mass is 281 g/mol. The first-order chi connectivity index (χ1) is 9.65. The third kappa shape index (κ3) is 4.63. The molecule has 0 fully saturated rings. The summed E-state index contributed by atoms with van der Waals surface area (Å²) in [7, 11) is 0. The molecule has 0 saturated carbocycles. The summed E-state index contributed by atoms with van der Waals surface area (Å²) in [4.78, 5) is 12.1. The van der Waals surface area contributed by atoms with Crippen LogP contribution in [0.4, 0.5) is 0 Å². The van der Waals surface area contributed by atoms with Crippen LogP contribution in [-0.4, -0.2) is 23.7 Å². The van der Waals surface area contributed by atoms with E-state index in [-0.39, 0.29) is 17.7 Å². The van der Waals surface area contributed by atoms with Gasteiger partial charge >= 0.3 is 0 Å². The lowest BCUT2D eigenvalue weighted by molar-refractivity contribution is 0.0898. The van der Waals surface area contributed by atoms with Gasteiger partial charge in [-0.25, -0.2) is 0 Å². The standard InChI is InChI=1S/C15H27N3O2/c1-4-7-8-12(10-16)17-15(19)14-9-13(18-20-14)11(5-2)6-3/h9,11-12H,4-8,10,16H2,1-3H3,(H,17,19). The van der Waals surface area contributed by atoms with Gasteiger partial charge in [-0.15, -0.1) is 0 Å². The minimum absolute atomic E-state index is 0.00384. The molecule has 5 heteroatoms. The second-order valence-corrected chi connectivity index (χ2v) is 5.18. The van der Waals surface area contributed by atoms with Crippen molar-refractivity contribution in [1.82, 2.24) is 10.5 Å². The van der Waals surface area contributed by atoms with Crippen molar-refractivity contribution in [2.45, 2.75) is 64.8 Å². The van der Waals surface area contributed by atoms with E-state index in [2.05, 4.69) is 31.2 Å². The highest BCUT2D eigenvalue weighted by Crippen LogP contribution is 2.22. The Morgan fingerprint density at radius 3 is 2.65 bits per heavy atom. The van der Waals surface area contributed by atoms with Gasteiger partial charge in [-0.1, -0.05) is 38.8 Å². The summed E-state index contributed by atoms with van der Waals surface area (Å²) in [6, 6.07) is 1.75. The normalized spacial score (nSPS) is 12.7. The molecule has 1 heterocycles. The van der Waals surface area contributed by atoms with Crippen LogP contribution in [0.2, 0.25) is 0 Å². The van der Waals surface area contributed by atoms with E-state index in [9.17, 15) is 4.79 Å². The molecule has 1 rings (SSSR count). The van der Waals surface area contributed by atoms with Gasteiger partial charge in [0, 0.05) is 24.6 Å². The zero-order valence-corrected chi connectivity index (χ0v) is 12.8. The molecule has 114 valence electrons. The van der Waals surface area contributed by atoms with E-state index in [1.165, 1.54) is 0 Å². The highest BCUT2D eigenvalue weighted by atomic mass is 16.5. The first-order valence-corrected chi connectivity index (χ1v) is 7.63. The Morgan fingerprint density at radius 1 is 1.40 bits per heavy atom. The van der Waals surface area contributed by atoms with E-state index in [1.807, 2.05) is 0 Å². The summed E-state index contributed by atoms with van der Waals surface area (Å²) < 4.78 is 5.16. The first kappa shape index (κ1) is 16.7. The number of carbonyl (C=O) groups is 1. The summed E-state index contributed by atoms with van der Waals surface area (Å²) in [6.07, 6.45) is 5.02. The number of nitrogens with one attached hydrogen (secondary N) is 1. The molecule has 3 N–H and O–H groups in total. The molecule has 0 aliphatic carbocycles. The van der Waals surface area contributed by atoms with Crippen LogP contribution in [-0.2, 0) is 0 Å². The van der Waals surface area contributed by atoms with Gasteiger partial charge < -0.3 is 15.6 Å². The van der Waals surface area contributed by atoms with E-state index >= 15 is 0 Å². The molecule has 1 aromatic rings. The number of aromatic nitrogens is 1. The van der Waals surface area contributed by atoms with Crippen molar-refractivity contribution in [3.05, 3.63) is 17.5 Å². The van der Waals surface area contributed by atoms with Crippen LogP contribution in [0.15, 0.2) is 10.6 Å². The van der Waals surface area contributed by atoms with Crippen LogP contribution < -0.4 is 11.1 Å². The minimum Gasteiger partial charge on any atom is -0.351 e. The average Bonchev–Trinajstić information content (AvgIpc) is 2.94. The number of carbonyl (C=O) groups excluding carboxylic acids is 1. The van der Waals surface area contributed by atoms with Crippen molar-refractivity contribution in [2.75, 3.05) is 6.54 Å². The lowest BCUT2D eigenvalue weighted by Crippen LogP contribution is -2.40. The van der Waals surface area contributed by atoms with Gasteiger partial charge in [-0.3, -0.25) is 4.79 Å². The number of hydrogen-bond acceptors (Lipinski definition) is 4. The van der Waals surface area contributed by atoms with Crippen molar-refractivity contribution in [1.29, 1.82) is 0 Å². The molecule has 0 radical (unpaired) electrons. The zero-order chi connectivity index (χ0) is 15.0. The zero-order valence-electron chi connectivity index (χ0n) is 12.8. The van der Waals surface area contributed by atoms with Gasteiger partial charge in [0.15, 0.2) is 0 Å². The second-order valence-electron chi connectivity index (χ2n) is 5.18. The molecule has 0 aliphatic heterocycles. The third-order valence-electron chi connectivity index (χ3n) is 3.68. The molecule has 1 aromatic heterocycles. The van der Waals surface area contributed by atoms with Gasteiger partial charge in [-0.2, -0.15) is 0 Å². The van der Waals surface area contributed by atoms with E-state index in [0.29, 0.717) is 12.5 Å². The maximum atomic E-state index is 12.1. The maximum Gasteiger partial charge on any atom is 0.290 e. The largest absolute Gasteiger partial charge is 0.351 e. The highest BCUT2D eigenvalue weighted by Gasteiger charge is 2.19. The Morgan fingerprint density at radius 2 is 2.10 bits per heavy atom. The Kier molecular flexibility index (Phi) is 7.30. The summed E-state index contributed by atoms with van der Waals surface area (Å²) in [5.41, 5.74) is 6.53. The molecule has 0 saturated heterocycles. The van der Waals surface area contributed by atoms with Crippen molar-refractivity contribution >= 4 is 5.91 Å². The van der Waals surface area contributed by atoms with Crippen molar-refractivity contribution in [3.63, 3.8) is 0 Å². The van der Waals surface area contributed by atoms with Crippen LogP contribution in [0.3, 0.4) is 0 Å². The fourth-order valence-corrected chi connectivity index (χ4v) is 2.25. The van der Waals surface area contributed by atoms with Crippen LogP contribution >= 0.6 is 0 Å². The van der Waals surface area contributed by atoms with Crippen LogP contribution in [0.25, 0.3) is 0 Å². The number of rotatable bonds is 9. The van der Waals surface area contributed by atoms with E-state index in [0.717, 1.165) is 37.8 Å². The smallest absolute Gasteiger partial charge is 0.290 e. The Hall–Kier alpha value is -1.36. The Balaban J connectivity index is 2.63. The molecule has 1 unspecified atom stereocenters. The highest BCUT2D eigenvalue weighted by molar-refractivity contribution is 5.91. The van der Waals surface area contributed by atoms with Crippen molar-refractivity contribution in [2.24, 2.45) is 5.73 Å². The number of nitrogens with zero attached hydrogens (tertiary/aromatic N) is 1. The van der Waals surface area contributed by atoms with Crippen molar-refractivity contribution in [3.8, 4) is 0 Å². The molecule has 0 spiro atoms. The molecule has 0 aromatic carbocycles. The second kappa shape index (κ2) is 8.74. The van der Waals surface area contributed by atoms with Crippen LogP contribution in [0, 0.1) is 0 Å². The summed E-state index contributed by atoms with van der Waals surface area (Å²) >= 11 is 0. The molecule has 0 bridgehead atoms. The summed E-state index contributed by atoms with van der Waals surface area (Å²) in [6.45, 7) is 6.78. The topological polar surface area (TPSA) is 81.1 Å². The van der Waals surface area contributed by atoms with E-state index in [4.69, 9.17) is 10.3 Å². The van der Waals surface area contributed by atoms with Crippen molar-refractivity contribution < 1.29 is 9.32 Å². The summed E-state index contributed by atoms with van der Waals surface area (Å²) in [5, 5.41) is 6.92. The van der Waals surface area contributed by atoms with Crippen LogP contribution in [0.5, 0.6) is 0 Å². The average molecular weight is 281 g/mol. The van der Waals surface area contributed by atoms with Crippen LogP contribution in [0.1, 0.15) is 75.0 Å². The van der Waals surface area contributed by atoms with Gasteiger partial charge in [0.1, 0.15) is 0 Å². The molecule has 1 atom stereocenters. The molecule has 0 aliphatic rings. The summed E-state index contributed by atoms with van der Waals surface area (Å²) in [5.74, 6) is 0.411. The fraction of sp³-hybridized carbons (Fsp3) is 0.733. The predicted molar refractivity (Wildman–Crippen MR) is 79.7 cm³/mol. The Bertz CT molecular complexity index is 400. The SMILES string of the molecule is CCCCC(CN)NC(=O)c1cc(C(CC)CC)no1. The Labute approximate surface area is 121 Å². The molecular formula is C15H27N3O2. The minimum atomic E-state index is -0.221. The van der Waals surface area contributed by atoms with Gasteiger partial charge in [-0.05, 0) is 19.3 Å². The maximum absolute atomic E-state index is 12.1. The number of hydrogen-bond donors (Lipinski definition) is 2. The fourth-order valence-electron chi connectivity index (χ4n) is 2.25. The van der Waals surface area contributed by atoms with E-state index in [1.54, 1.807) is 6.07 Å². The van der Waals surface area contributed by atoms with Gasteiger partial charge in [0.2, 0.25) is 5.76 Å². The lowest BCUT2D eigenvalue weighted by atomic mass is 9.99. The number of amides is 1. The van der Waals surface area contributed by atoms with E-state index < -0.39 is 0 Å². The quantitative estimate of drug-likeness (QED) is 0.729. The predicted octanol–water partition coefficient (Wildman–Crippen LogP) is 2.83. The molecular weight excluding hydrogens is 254 g/mol. The third-order valence-corrected chi connectivity index (χ3v) is 3.68. The first-order valence-electron chi connectivity index (χ1n) is 7.63. The lowest BCUT2D eigenvalue weighted by Gasteiger charge is -2.15. The number of unbranched alkanes of at least 4 members (excludes halogenated alkanes) is 1. The number of nitrogens with two attached hydrogens (primary N) is 1. The van der Waals surface area contributed by atoms with Gasteiger partial charge in [0.25, 0.3) is 5.91 Å².